The maximum Gasteiger partial charge on any atom is 0.306 e. The first kappa shape index (κ1) is 22.9. The summed E-state index contributed by atoms with van der Waals surface area (Å²) in [6, 6.07) is 16.9. The van der Waals surface area contributed by atoms with Crippen molar-refractivity contribution in [3.63, 3.8) is 0 Å². The van der Waals surface area contributed by atoms with E-state index in [0.29, 0.717) is 24.4 Å². The highest BCUT2D eigenvalue weighted by molar-refractivity contribution is 5.76. The number of carboxylic acids is 1. The number of carboxylic acid groups (broad SMARTS) is 1. The maximum absolute atomic E-state index is 12.2. The van der Waals surface area contributed by atoms with Gasteiger partial charge in [0.05, 0.1) is 12.8 Å². The summed E-state index contributed by atoms with van der Waals surface area (Å²) in [4.78, 5) is 23.0. The largest absolute Gasteiger partial charge is 0.489 e. The molecule has 5 heteroatoms. The number of rotatable bonds is 7. The number of fused-ring (bicyclic) bond motifs is 5. The summed E-state index contributed by atoms with van der Waals surface area (Å²) in [5, 5.41) is 8.85. The zero-order chi connectivity index (χ0) is 23.7. The molecule has 34 heavy (non-hydrogen) atoms. The van der Waals surface area contributed by atoms with Crippen molar-refractivity contribution in [1.29, 1.82) is 0 Å². The molecule has 3 aliphatic carbocycles. The molecule has 0 radical (unpaired) electrons. The lowest BCUT2D eigenvalue weighted by Gasteiger charge is -2.50. The number of hydrogen-bond donors (Lipinski definition) is 1. The molecule has 0 amide bonds. The number of hydrogen-bond acceptors (Lipinski definition) is 4. The molecule has 1 N–H and O–H groups in total. The topological polar surface area (TPSA) is 72.8 Å². The van der Waals surface area contributed by atoms with Crippen molar-refractivity contribution in [3.8, 4) is 5.75 Å². The molecule has 5 nitrogen and oxygen atoms in total. The molecule has 5 atom stereocenters. The highest BCUT2D eigenvalue weighted by atomic mass is 16.5. The molecule has 3 aliphatic rings. The minimum atomic E-state index is -0.956. The molecule has 2 saturated carbocycles. The second-order valence-electron chi connectivity index (χ2n) is 10.5. The van der Waals surface area contributed by atoms with E-state index in [4.69, 9.17) is 14.6 Å². The lowest BCUT2D eigenvalue weighted by molar-refractivity contribution is -0.159. The number of ether oxygens (including phenoxy) is 2. The van der Waals surface area contributed by atoms with Crippen LogP contribution in [-0.2, 0) is 27.4 Å². The second kappa shape index (κ2) is 9.44. The lowest BCUT2D eigenvalue weighted by Crippen LogP contribution is -2.45. The number of benzene rings is 2. The molecule has 5 rings (SSSR count). The Morgan fingerprint density at radius 3 is 2.65 bits per heavy atom. The molecule has 0 saturated heterocycles. The quantitative estimate of drug-likeness (QED) is 0.519. The van der Waals surface area contributed by atoms with Crippen molar-refractivity contribution in [2.24, 2.45) is 17.3 Å². The Morgan fingerprint density at radius 1 is 1.03 bits per heavy atom. The van der Waals surface area contributed by atoms with Crippen molar-refractivity contribution < 1.29 is 24.2 Å². The minimum Gasteiger partial charge on any atom is -0.489 e. The summed E-state index contributed by atoms with van der Waals surface area (Å²) in [6.07, 6.45) is 6.07. The van der Waals surface area contributed by atoms with E-state index in [0.717, 1.165) is 37.9 Å². The Kier molecular flexibility index (Phi) is 6.37. The Labute approximate surface area is 201 Å². The van der Waals surface area contributed by atoms with E-state index < -0.39 is 5.97 Å². The van der Waals surface area contributed by atoms with Crippen LogP contribution in [0.5, 0.6) is 5.75 Å². The summed E-state index contributed by atoms with van der Waals surface area (Å²) >= 11 is 0. The van der Waals surface area contributed by atoms with Gasteiger partial charge in [-0.3, -0.25) is 9.59 Å². The molecular weight excluding hydrogens is 428 g/mol. The minimum absolute atomic E-state index is 0.00368. The van der Waals surface area contributed by atoms with E-state index in [2.05, 4.69) is 37.3 Å². The lowest BCUT2D eigenvalue weighted by atomic mass is 9.55. The molecule has 0 spiro atoms. The van der Waals surface area contributed by atoms with Crippen molar-refractivity contribution in [2.75, 3.05) is 0 Å². The van der Waals surface area contributed by atoms with E-state index >= 15 is 0 Å². The van der Waals surface area contributed by atoms with Crippen LogP contribution in [0.4, 0.5) is 0 Å². The number of esters is 1. The third kappa shape index (κ3) is 4.45. The smallest absolute Gasteiger partial charge is 0.306 e. The van der Waals surface area contributed by atoms with E-state index in [-0.39, 0.29) is 30.3 Å². The van der Waals surface area contributed by atoms with Crippen molar-refractivity contribution in [1.82, 2.24) is 0 Å². The first-order valence-electron chi connectivity index (χ1n) is 12.6. The third-order valence-electron chi connectivity index (χ3n) is 8.68. The predicted molar refractivity (Wildman–Crippen MR) is 129 cm³/mol. The first-order valence-corrected chi connectivity index (χ1v) is 12.6. The monoisotopic (exact) mass is 462 g/mol. The highest BCUT2D eigenvalue weighted by Gasteiger charge is 2.56. The fourth-order valence-electron chi connectivity index (χ4n) is 6.96. The molecule has 0 aliphatic heterocycles. The Balaban J connectivity index is 1.25. The van der Waals surface area contributed by atoms with Crippen LogP contribution < -0.4 is 4.74 Å². The highest BCUT2D eigenvalue weighted by Crippen LogP contribution is 2.61. The van der Waals surface area contributed by atoms with Gasteiger partial charge in [0.25, 0.3) is 0 Å². The summed E-state index contributed by atoms with van der Waals surface area (Å²) in [5.41, 5.74) is 4.07. The first-order chi connectivity index (χ1) is 16.4. The molecule has 2 fully saturated rings. The second-order valence-corrected chi connectivity index (χ2v) is 10.5. The van der Waals surface area contributed by atoms with E-state index in [9.17, 15) is 9.59 Å². The maximum atomic E-state index is 12.2. The van der Waals surface area contributed by atoms with Gasteiger partial charge in [-0.05, 0) is 85.1 Å². The van der Waals surface area contributed by atoms with Gasteiger partial charge < -0.3 is 14.6 Å². The molecule has 0 bridgehead atoms. The zero-order valence-corrected chi connectivity index (χ0v) is 19.9. The molecule has 2 aromatic carbocycles. The molecule has 180 valence electrons. The van der Waals surface area contributed by atoms with E-state index in [1.807, 2.05) is 18.2 Å². The average Bonchev–Trinajstić information content (AvgIpc) is 3.17. The van der Waals surface area contributed by atoms with Gasteiger partial charge in [0.15, 0.2) is 0 Å². The van der Waals surface area contributed by atoms with Gasteiger partial charge in [-0.2, -0.15) is 0 Å². The van der Waals surface area contributed by atoms with Crippen LogP contribution in [0, 0.1) is 17.3 Å². The van der Waals surface area contributed by atoms with E-state index in [1.54, 1.807) is 0 Å². The Hall–Kier alpha value is -2.82. The van der Waals surface area contributed by atoms with Gasteiger partial charge in [-0.25, -0.2) is 0 Å². The average molecular weight is 463 g/mol. The number of carbonyl (C=O) groups is 2. The molecule has 3 unspecified atom stereocenters. The van der Waals surface area contributed by atoms with Crippen LogP contribution in [0.25, 0.3) is 0 Å². The van der Waals surface area contributed by atoms with Gasteiger partial charge in [0.2, 0.25) is 0 Å². The van der Waals surface area contributed by atoms with Gasteiger partial charge >= 0.3 is 11.9 Å². The van der Waals surface area contributed by atoms with Crippen LogP contribution in [0.15, 0.2) is 48.5 Å². The van der Waals surface area contributed by atoms with Gasteiger partial charge in [-0.1, -0.05) is 43.3 Å². The van der Waals surface area contributed by atoms with Crippen LogP contribution >= 0.6 is 0 Å². The van der Waals surface area contributed by atoms with Crippen LogP contribution in [0.1, 0.15) is 74.5 Å². The standard InChI is InChI=1S/C29H34O5/c1-29-16-15-23-22-10-8-21(33-18-19-5-3-2-4-6-19)17-20(22)7-9-24(23)25(29)11-12-26(29)34-28(32)14-13-27(30)31/h2-6,8,10,17,23-26H,7,9,11-16,18H2,1H3,(H,30,31)/t23?,24?,25?,26-,29-/m0/s1. The number of carbonyl (C=O) groups excluding carboxylic acids is 1. The summed E-state index contributed by atoms with van der Waals surface area (Å²) in [5.74, 6) is 1.34. The summed E-state index contributed by atoms with van der Waals surface area (Å²) in [7, 11) is 0. The molecule has 0 aromatic heterocycles. The van der Waals surface area contributed by atoms with Crippen molar-refractivity contribution in [3.05, 3.63) is 65.2 Å². The molecular formula is C29H34O5. The number of aliphatic carboxylic acids is 1. The van der Waals surface area contributed by atoms with E-state index in [1.165, 1.54) is 23.1 Å². The molecule has 2 aromatic rings. The Bertz CT molecular complexity index is 1050. The third-order valence-corrected chi connectivity index (χ3v) is 8.68. The van der Waals surface area contributed by atoms with Gasteiger partial charge in [0.1, 0.15) is 18.5 Å². The van der Waals surface area contributed by atoms with Crippen LogP contribution in [0.2, 0.25) is 0 Å². The van der Waals surface area contributed by atoms with Crippen molar-refractivity contribution in [2.45, 2.75) is 76.9 Å². The van der Waals surface area contributed by atoms with Crippen LogP contribution in [0.3, 0.4) is 0 Å². The van der Waals surface area contributed by atoms with Crippen molar-refractivity contribution >= 4 is 11.9 Å². The summed E-state index contributed by atoms with van der Waals surface area (Å²) < 4.78 is 11.9. The fourth-order valence-corrected chi connectivity index (χ4v) is 6.96. The van der Waals surface area contributed by atoms with Crippen LogP contribution in [-0.4, -0.2) is 23.1 Å². The summed E-state index contributed by atoms with van der Waals surface area (Å²) in [6.45, 7) is 2.88. The SMILES string of the molecule is C[C@]12CCC3c4ccc(OCc5ccccc5)cc4CCC3C1CC[C@@H]2OC(=O)CCC(=O)O. The van der Waals surface area contributed by atoms with Gasteiger partial charge in [-0.15, -0.1) is 0 Å². The zero-order valence-electron chi connectivity index (χ0n) is 19.9. The Morgan fingerprint density at radius 2 is 1.85 bits per heavy atom. The normalized spacial score (nSPS) is 29.4. The van der Waals surface area contributed by atoms with Gasteiger partial charge in [0, 0.05) is 5.41 Å². The molecule has 0 heterocycles. The fraction of sp³-hybridized carbons (Fsp3) is 0.517. The number of aryl methyl sites for hydroxylation is 1. The predicted octanol–water partition coefficient (Wildman–Crippen LogP) is 5.90.